The third kappa shape index (κ3) is 2.68. The van der Waals surface area contributed by atoms with Crippen LogP contribution in [0, 0.1) is 0 Å². The molecule has 21 heavy (non-hydrogen) atoms. The Hall–Kier alpha value is -1.81. The van der Waals surface area contributed by atoms with E-state index in [-0.39, 0.29) is 17.3 Å². The first-order valence-electron chi connectivity index (χ1n) is 7.09. The summed E-state index contributed by atoms with van der Waals surface area (Å²) in [5, 5.41) is 8.13. The van der Waals surface area contributed by atoms with Crippen LogP contribution in [0.15, 0.2) is 36.4 Å². The lowest BCUT2D eigenvalue weighted by molar-refractivity contribution is 0.0927. The Morgan fingerprint density at radius 3 is 3.00 bits per heavy atom. The highest BCUT2D eigenvalue weighted by Crippen LogP contribution is 2.27. The predicted octanol–water partition coefficient (Wildman–Crippen LogP) is 3.02. The molecule has 0 bridgehead atoms. The topological polar surface area (TPSA) is 46.9 Å². The zero-order valence-electron chi connectivity index (χ0n) is 12.0. The number of aromatic nitrogens is 2. The second-order valence-corrected chi connectivity index (χ2v) is 6.14. The first-order chi connectivity index (χ1) is 10.1. The number of nitrogens with zero attached hydrogens (tertiary/aromatic N) is 2. The summed E-state index contributed by atoms with van der Waals surface area (Å²) in [6.45, 7) is 3.97. The van der Waals surface area contributed by atoms with Crippen LogP contribution in [0.4, 0.5) is 0 Å². The van der Waals surface area contributed by atoms with Crippen molar-refractivity contribution in [3.8, 4) is 0 Å². The van der Waals surface area contributed by atoms with Gasteiger partial charge in [0.15, 0.2) is 5.69 Å². The lowest BCUT2D eigenvalue weighted by atomic mass is 9.91. The average Bonchev–Trinajstić information content (AvgIpc) is 2.80. The number of carbonyl (C=O) groups excluding carboxylic acids is 1. The van der Waals surface area contributed by atoms with Gasteiger partial charge in [0.25, 0.3) is 5.91 Å². The zero-order valence-corrected chi connectivity index (χ0v) is 12.7. The maximum absolute atomic E-state index is 12.5. The molecule has 1 N–H and O–H groups in total. The first kappa shape index (κ1) is 14.1. The van der Waals surface area contributed by atoms with Gasteiger partial charge in [-0.2, -0.15) is 5.10 Å². The number of carbonyl (C=O) groups is 1. The molecule has 1 aromatic heterocycles. The average molecular weight is 304 g/mol. The third-order valence-corrected chi connectivity index (χ3v) is 4.48. The summed E-state index contributed by atoms with van der Waals surface area (Å²) in [4.78, 5) is 12.5. The van der Waals surface area contributed by atoms with Gasteiger partial charge in [-0.25, -0.2) is 0 Å². The minimum atomic E-state index is -0.157. The predicted molar refractivity (Wildman–Crippen MR) is 84.6 cm³/mol. The Morgan fingerprint density at radius 2 is 2.24 bits per heavy atom. The molecule has 2 aromatic rings. The van der Waals surface area contributed by atoms with Gasteiger partial charge in [-0.1, -0.05) is 30.4 Å². The number of para-hydroxylation sites is 1. The molecule has 1 aliphatic carbocycles. The van der Waals surface area contributed by atoms with Crippen molar-refractivity contribution < 1.29 is 4.79 Å². The van der Waals surface area contributed by atoms with Crippen LogP contribution in [0.5, 0.6) is 0 Å². The molecule has 3 rings (SSSR count). The number of allylic oxidation sites excluding steroid dienone is 1. The highest BCUT2D eigenvalue weighted by atomic mass is 35.5. The van der Waals surface area contributed by atoms with E-state index in [9.17, 15) is 4.79 Å². The van der Waals surface area contributed by atoms with E-state index in [1.807, 2.05) is 31.3 Å². The number of halogens is 1. The fourth-order valence-corrected chi connectivity index (χ4v) is 3.25. The largest absolute Gasteiger partial charge is 0.346 e. The fourth-order valence-electron chi connectivity index (χ4n) is 2.84. The highest BCUT2D eigenvalue weighted by molar-refractivity contribution is 6.21. The van der Waals surface area contributed by atoms with Crippen molar-refractivity contribution in [1.82, 2.24) is 15.1 Å². The molecule has 1 saturated carbocycles. The number of amides is 1. The minimum Gasteiger partial charge on any atom is -0.346 e. The zero-order chi connectivity index (χ0) is 15.0. The van der Waals surface area contributed by atoms with Crippen LogP contribution in [-0.2, 0) is 7.05 Å². The van der Waals surface area contributed by atoms with E-state index in [0.29, 0.717) is 5.69 Å². The van der Waals surface area contributed by atoms with E-state index in [1.165, 1.54) is 0 Å². The Morgan fingerprint density at radius 1 is 1.48 bits per heavy atom. The van der Waals surface area contributed by atoms with Gasteiger partial charge in [-0.3, -0.25) is 9.48 Å². The minimum absolute atomic E-state index is 0.0227. The molecule has 0 radical (unpaired) electrons. The normalized spacial score (nSPS) is 22.5. The van der Waals surface area contributed by atoms with E-state index in [4.69, 9.17) is 11.6 Å². The van der Waals surface area contributed by atoms with Gasteiger partial charge in [0.05, 0.1) is 10.9 Å². The van der Waals surface area contributed by atoms with Gasteiger partial charge in [0.1, 0.15) is 0 Å². The van der Waals surface area contributed by atoms with Crippen molar-refractivity contribution in [2.45, 2.75) is 30.7 Å². The molecular formula is C16H18ClN3O. The van der Waals surface area contributed by atoms with Crippen molar-refractivity contribution in [3.63, 3.8) is 0 Å². The van der Waals surface area contributed by atoms with Crippen LogP contribution in [0.1, 0.15) is 29.8 Å². The van der Waals surface area contributed by atoms with Gasteiger partial charge in [0.2, 0.25) is 0 Å². The fraction of sp³-hybridized carbons (Fsp3) is 0.375. The molecule has 110 valence electrons. The molecule has 2 unspecified atom stereocenters. The van der Waals surface area contributed by atoms with Gasteiger partial charge in [0, 0.05) is 18.5 Å². The first-order valence-corrected chi connectivity index (χ1v) is 7.53. The molecule has 0 spiro atoms. The SMILES string of the molecule is C=C1CCC(NC(=O)c2nn(C)c3ccccc23)C(Cl)C1. The van der Waals surface area contributed by atoms with E-state index in [1.54, 1.807) is 4.68 Å². The summed E-state index contributed by atoms with van der Waals surface area (Å²) >= 11 is 6.33. The molecule has 4 nitrogen and oxygen atoms in total. The summed E-state index contributed by atoms with van der Waals surface area (Å²) in [7, 11) is 1.84. The second-order valence-electron chi connectivity index (χ2n) is 5.58. The molecule has 2 atom stereocenters. The Kier molecular flexibility index (Phi) is 3.72. The maximum Gasteiger partial charge on any atom is 0.272 e. The number of benzene rings is 1. The van der Waals surface area contributed by atoms with E-state index in [0.717, 1.165) is 35.7 Å². The van der Waals surface area contributed by atoms with Crippen molar-refractivity contribution in [2.75, 3.05) is 0 Å². The molecule has 0 saturated heterocycles. The number of rotatable bonds is 2. The van der Waals surface area contributed by atoms with Crippen LogP contribution in [0.25, 0.3) is 10.9 Å². The Balaban J connectivity index is 1.83. The Labute approximate surface area is 128 Å². The lowest BCUT2D eigenvalue weighted by Crippen LogP contribution is -2.43. The van der Waals surface area contributed by atoms with Crippen molar-refractivity contribution >= 4 is 28.4 Å². The monoisotopic (exact) mass is 303 g/mol. The number of hydrogen-bond donors (Lipinski definition) is 1. The summed E-state index contributed by atoms with van der Waals surface area (Å²) in [5.41, 5.74) is 2.56. The Bertz CT molecular complexity index is 707. The molecule has 5 heteroatoms. The molecule has 1 aromatic carbocycles. The second kappa shape index (κ2) is 5.53. The van der Waals surface area contributed by atoms with E-state index >= 15 is 0 Å². The molecule has 1 amide bonds. The summed E-state index contributed by atoms with van der Waals surface area (Å²) in [6, 6.07) is 7.69. The van der Waals surface area contributed by atoms with Crippen molar-refractivity contribution in [3.05, 3.63) is 42.1 Å². The number of fused-ring (bicyclic) bond motifs is 1. The van der Waals surface area contributed by atoms with Crippen LogP contribution < -0.4 is 5.32 Å². The van der Waals surface area contributed by atoms with Gasteiger partial charge in [-0.15, -0.1) is 11.6 Å². The van der Waals surface area contributed by atoms with Gasteiger partial charge >= 0.3 is 0 Å². The third-order valence-electron chi connectivity index (χ3n) is 4.02. The van der Waals surface area contributed by atoms with E-state index in [2.05, 4.69) is 17.0 Å². The highest BCUT2D eigenvalue weighted by Gasteiger charge is 2.28. The van der Waals surface area contributed by atoms with Gasteiger partial charge in [-0.05, 0) is 25.3 Å². The smallest absolute Gasteiger partial charge is 0.272 e. The molecule has 1 heterocycles. The summed E-state index contributed by atoms with van der Waals surface area (Å²) in [5.74, 6) is -0.157. The summed E-state index contributed by atoms with van der Waals surface area (Å²) < 4.78 is 1.73. The van der Waals surface area contributed by atoms with Crippen LogP contribution >= 0.6 is 11.6 Å². The van der Waals surface area contributed by atoms with Crippen LogP contribution in [-0.4, -0.2) is 27.1 Å². The number of hydrogen-bond acceptors (Lipinski definition) is 2. The molecule has 0 aliphatic heterocycles. The summed E-state index contributed by atoms with van der Waals surface area (Å²) in [6.07, 6.45) is 2.51. The standard InChI is InChI=1S/C16H18ClN3O/c1-10-7-8-13(12(17)9-10)18-16(21)15-11-5-3-4-6-14(11)20(2)19-15/h3-6,12-13H,1,7-9H2,2H3,(H,18,21). The number of aryl methyl sites for hydroxylation is 1. The molecule has 1 fully saturated rings. The quantitative estimate of drug-likeness (QED) is 0.685. The number of alkyl halides is 1. The van der Waals surface area contributed by atoms with Crippen LogP contribution in [0.3, 0.4) is 0 Å². The number of nitrogens with one attached hydrogen (secondary N) is 1. The van der Waals surface area contributed by atoms with E-state index < -0.39 is 0 Å². The lowest BCUT2D eigenvalue weighted by Gasteiger charge is -2.29. The molecular weight excluding hydrogens is 286 g/mol. The van der Waals surface area contributed by atoms with Crippen LogP contribution in [0.2, 0.25) is 0 Å². The van der Waals surface area contributed by atoms with Crippen molar-refractivity contribution in [2.24, 2.45) is 7.05 Å². The molecule has 1 aliphatic rings. The van der Waals surface area contributed by atoms with Gasteiger partial charge < -0.3 is 5.32 Å². The maximum atomic E-state index is 12.5. The van der Waals surface area contributed by atoms with Crippen molar-refractivity contribution in [1.29, 1.82) is 0 Å².